The van der Waals surface area contributed by atoms with Crippen LogP contribution in [0.15, 0.2) is 40.9 Å². The average molecular weight is 374 g/mol. The molecule has 28 heavy (non-hydrogen) atoms. The summed E-state index contributed by atoms with van der Waals surface area (Å²) in [6.07, 6.45) is 2.16. The molecular formula is C23H26N4O. The summed E-state index contributed by atoms with van der Waals surface area (Å²) >= 11 is 0. The number of hydrogen-bond donors (Lipinski definition) is 0. The highest BCUT2D eigenvalue weighted by molar-refractivity contribution is 5.82. The van der Waals surface area contributed by atoms with E-state index in [1.165, 1.54) is 5.56 Å². The smallest absolute Gasteiger partial charge is 0.176 e. The van der Waals surface area contributed by atoms with Crippen molar-refractivity contribution in [1.82, 2.24) is 19.8 Å². The zero-order chi connectivity index (χ0) is 19.8. The molecule has 3 aromatic heterocycles. The van der Waals surface area contributed by atoms with Crippen LogP contribution in [0.5, 0.6) is 0 Å². The molecule has 0 spiro atoms. The van der Waals surface area contributed by atoms with E-state index in [2.05, 4.69) is 25.1 Å². The monoisotopic (exact) mass is 374 g/mol. The number of fused-ring (bicyclic) bond motifs is 1. The number of aromatic nitrogens is 4. The number of imidazole rings is 1. The summed E-state index contributed by atoms with van der Waals surface area (Å²) in [6, 6.07) is 12.3. The lowest BCUT2D eigenvalue weighted by Gasteiger charge is -2.14. The Bertz CT molecular complexity index is 1120. The van der Waals surface area contributed by atoms with Crippen molar-refractivity contribution in [1.29, 1.82) is 0 Å². The summed E-state index contributed by atoms with van der Waals surface area (Å²) in [5.41, 5.74) is 7.90. The molecule has 4 aromatic rings. The molecule has 0 unspecified atom stereocenters. The van der Waals surface area contributed by atoms with Gasteiger partial charge in [-0.3, -0.25) is 0 Å². The van der Waals surface area contributed by atoms with Crippen LogP contribution in [0.1, 0.15) is 55.3 Å². The molecule has 4 rings (SSSR count). The highest BCUT2D eigenvalue weighted by Gasteiger charge is 2.25. The van der Waals surface area contributed by atoms with Crippen molar-refractivity contribution in [3.05, 3.63) is 59.0 Å². The van der Waals surface area contributed by atoms with Crippen molar-refractivity contribution in [3.8, 4) is 22.6 Å². The van der Waals surface area contributed by atoms with Crippen LogP contribution in [0.4, 0.5) is 0 Å². The van der Waals surface area contributed by atoms with Crippen LogP contribution in [0.3, 0.4) is 0 Å². The predicted molar refractivity (Wildman–Crippen MR) is 111 cm³/mol. The average Bonchev–Trinajstić information content (AvgIpc) is 3.22. The second-order valence-electron chi connectivity index (χ2n) is 7.37. The molecule has 144 valence electrons. The minimum absolute atomic E-state index is 0.469. The lowest BCUT2D eigenvalue weighted by molar-refractivity contribution is 0.427. The molecule has 0 radical (unpaired) electrons. The fourth-order valence-electron chi connectivity index (χ4n) is 4.03. The molecule has 0 N–H and O–H groups in total. The number of nitrogens with zero attached hydrogens (tertiary/aromatic N) is 4. The molecule has 1 aromatic carbocycles. The Labute approximate surface area is 165 Å². The van der Waals surface area contributed by atoms with Crippen LogP contribution in [0.2, 0.25) is 0 Å². The highest BCUT2D eigenvalue weighted by atomic mass is 16.5. The zero-order valence-corrected chi connectivity index (χ0v) is 17.2. The van der Waals surface area contributed by atoms with Crippen molar-refractivity contribution in [2.75, 3.05) is 0 Å². The Hall–Kier alpha value is -2.95. The van der Waals surface area contributed by atoms with Gasteiger partial charge in [0, 0.05) is 11.1 Å². The maximum absolute atomic E-state index is 5.74. The van der Waals surface area contributed by atoms with E-state index in [0.717, 1.165) is 58.2 Å². The summed E-state index contributed by atoms with van der Waals surface area (Å²) in [7, 11) is 0. The summed E-state index contributed by atoms with van der Waals surface area (Å²) in [6.45, 7) is 10.5. The van der Waals surface area contributed by atoms with E-state index in [4.69, 9.17) is 14.6 Å². The minimum atomic E-state index is 0.469. The molecule has 0 aliphatic rings. The highest BCUT2D eigenvalue weighted by Crippen LogP contribution is 2.38. The van der Waals surface area contributed by atoms with E-state index in [1.807, 2.05) is 55.6 Å². The van der Waals surface area contributed by atoms with Gasteiger partial charge in [-0.25, -0.2) is 9.50 Å². The van der Waals surface area contributed by atoms with Gasteiger partial charge in [-0.05, 0) is 45.6 Å². The van der Waals surface area contributed by atoms with Crippen molar-refractivity contribution < 1.29 is 4.52 Å². The van der Waals surface area contributed by atoms with Crippen molar-refractivity contribution in [3.63, 3.8) is 0 Å². The first kappa shape index (κ1) is 18.4. The molecular weight excluding hydrogens is 348 g/mol. The Balaban J connectivity index is 2.02. The number of hydrogen-bond acceptors (Lipinski definition) is 4. The third-order valence-electron chi connectivity index (χ3n) is 5.47. The lowest BCUT2D eigenvalue weighted by atomic mass is 9.95. The van der Waals surface area contributed by atoms with Gasteiger partial charge in [-0.1, -0.05) is 49.3 Å². The largest absolute Gasteiger partial charge is 0.355 e. The van der Waals surface area contributed by atoms with E-state index < -0.39 is 0 Å². The number of aryl methyl sites for hydroxylation is 3. The SMILES string of the molecule is CCC(CC)c1cc(C)nn2c(-c3c(C)noc3-c3ccccc3)c(C)nc12. The predicted octanol–water partition coefficient (Wildman–Crippen LogP) is 5.88. The van der Waals surface area contributed by atoms with E-state index in [0.29, 0.717) is 5.92 Å². The van der Waals surface area contributed by atoms with E-state index in [-0.39, 0.29) is 0 Å². The van der Waals surface area contributed by atoms with Crippen LogP contribution >= 0.6 is 0 Å². The van der Waals surface area contributed by atoms with Crippen LogP contribution in [-0.4, -0.2) is 19.8 Å². The first-order valence-electron chi connectivity index (χ1n) is 9.94. The van der Waals surface area contributed by atoms with Gasteiger partial charge in [0.2, 0.25) is 0 Å². The fourth-order valence-corrected chi connectivity index (χ4v) is 4.03. The second-order valence-corrected chi connectivity index (χ2v) is 7.37. The van der Waals surface area contributed by atoms with Gasteiger partial charge in [0.05, 0.1) is 22.6 Å². The Kier molecular flexibility index (Phi) is 4.75. The van der Waals surface area contributed by atoms with Crippen LogP contribution in [0.25, 0.3) is 28.2 Å². The molecule has 0 bridgehead atoms. The van der Waals surface area contributed by atoms with Crippen LogP contribution < -0.4 is 0 Å². The zero-order valence-electron chi connectivity index (χ0n) is 17.2. The normalized spacial score (nSPS) is 11.6. The lowest BCUT2D eigenvalue weighted by Crippen LogP contribution is -2.05. The molecule has 0 amide bonds. The molecule has 3 heterocycles. The van der Waals surface area contributed by atoms with Crippen molar-refractivity contribution in [2.45, 2.75) is 53.4 Å². The molecule has 0 aliphatic carbocycles. The molecule has 0 aliphatic heterocycles. The number of benzene rings is 1. The van der Waals surface area contributed by atoms with Gasteiger partial charge >= 0.3 is 0 Å². The number of rotatable bonds is 5. The maximum atomic E-state index is 5.74. The van der Waals surface area contributed by atoms with Gasteiger partial charge in [0.1, 0.15) is 5.69 Å². The summed E-state index contributed by atoms with van der Waals surface area (Å²) in [5.74, 6) is 1.23. The molecule has 0 atom stereocenters. The first-order chi connectivity index (χ1) is 13.5. The third kappa shape index (κ3) is 2.91. The van der Waals surface area contributed by atoms with Crippen molar-refractivity contribution in [2.24, 2.45) is 0 Å². The topological polar surface area (TPSA) is 56.2 Å². The molecule has 0 fully saturated rings. The van der Waals surface area contributed by atoms with Crippen LogP contribution in [0, 0.1) is 20.8 Å². The first-order valence-corrected chi connectivity index (χ1v) is 9.94. The third-order valence-corrected chi connectivity index (χ3v) is 5.47. The quantitative estimate of drug-likeness (QED) is 0.438. The summed E-state index contributed by atoms with van der Waals surface area (Å²) < 4.78 is 7.73. The van der Waals surface area contributed by atoms with E-state index in [9.17, 15) is 0 Å². The van der Waals surface area contributed by atoms with Gasteiger partial charge in [-0.2, -0.15) is 5.10 Å². The van der Waals surface area contributed by atoms with Gasteiger partial charge in [0.15, 0.2) is 11.4 Å². The molecule has 0 saturated heterocycles. The summed E-state index contributed by atoms with van der Waals surface area (Å²) in [4.78, 5) is 4.93. The Morgan fingerprint density at radius 3 is 2.39 bits per heavy atom. The molecule has 5 nitrogen and oxygen atoms in total. The Morgan fingerprint density at radius 2 is 1.71 bits per heavy atom. The molecule has 0 saturated carbocycles. The van der Waals surface area contributed by atoms with E-state index >= 15 is 0 Å². The summed E-state index contributed by atoms with van der Waals surface area (Å²) in [5, 5.41) is 9.09. The Morgan fingerprint density at radius 1 is 1.00 bits per heavy atom. The fraction of sp³-hybridized carbons (Fsp3) is 0.348. The van der Waals surface area contributed by atoms with Gasteiger partial charge in [0.25, 0.3) is 0 Å². The van der Waals surface area contributed by atoms with Crippen LogP contribution in [-0.2, 0) is 0 Å². The van der Waals surface area contributed by atoms with E-state index in [1.54, 1.807) is 0 Å². The second kappa shape index (κ2) is 7.23. The maximum Gasteiger partial charge on any atom is 0.176 e. The van der Waals surface area contributed by atoms with Gasteiger partial charge < -0.3 is 4.52 Å². The molecule has 5 heteroatoms. The minimum Gasteiger partial charge on any atom is -0.355 e. The van der Waals surface area contributed by atoms with Gasteiger partial charge in [-0.15, -0.1) is 0 Å². The van der Waals surface area contributed by atoms with Crippen molar-refractivity contribution >= 4 is 5.65 Å². The standard InChI is InChI=1S/C23H26N4O/c1-6-17(7-2)19-13-14(3)25-27-21(16(5)24-23(19)27)20-15(4)26-28-22(20)18-11-9-8-10-12-18/h8-13,17H,6-7H2,1-5H3.